The van der Waals surface area contributed by atoms with Crippen molar-refractivity contribution in [1.29, 1.82) is 0 Å². The standard InChI is InChI=1S/C30H26FN3O3/c1-37-24-14-10-22(11-15-24)28-27(29(35)33-18-21-5-4-16-32-17-21)25-6-2-3-7-26(25)30(36)34(28)19-20-8-12-23(31)13-9-20/h2-17,27-28H,18-19H2,1H3,(H,33,35). The van der Waals surface area contributed by atoms with Crippen LogP contribution in [0.25, 0.3) is 0 Å². The largest absolute Gasteiger partial charge is 0.497 e. The number of nitrogens with zero attached hydrogens (tertiary/aromatic N) is 2. The lowest BCUT2D eigenvalue weighted by atomic mass is 9.79. The fourth-order valence-corrected chi connectivity index (χ4v) is 4.81. The van der Waals surface area contributed by atoms with E-state index in [2.05, 4.69) is 10.3 Å². The van der Waals surface area contributed by atoms with Gasteiger partial charge in [-0.25, -0.2) is 4.39 Å². The van der Waals surface area contributed by atoms with E-state index in [-0.39, 0.29) is 24.2 Å². The molecule has 2 heterocycles. The van der Waals surface area contributed by atoms with Crippen LogP contribution < -0.4 is 10.1 Å². The van der Waals surface area contributed by atoms with Crippen LogP contribution in [0.1, 0.15) is 44.6 Å². The molecule has 1 aliphatic rings. The number of pyridine rings is 1. The number of nitrogens with one attached hydrogen (secondary N) is 1. The molecule has 6 nitrogen and oxygen atoms in total. The van der Waals surface area contributed by atoms with Gasteiger partial charge >= 0.3 is 0 Å². The average Bonchev–Trinajstić information content (AvgIpc) is 2.95. The number of carbonyl (C=O) groups excluding carboxylic acids is 2. The highest BCUT2D eigenvalue weighted by molar-refractivity contribution is 6.01. The van der Waals surface area contributed by atoms with Gasteiger partial charge in [-0.15, -0.1) is 0 Å². The predicted octanol–water partition coefficient (Wildman–Crippen LogP) is 5.03. The highest BCUT2D eigenvalue weighted by atomic mass is 19.1. The van der Waals surface area contributed by atoms with Gasteiger partial charge in [0.25, 0.3) is 5.91 Å². The summed E-state index contributed by atoms with van der Waals surface area (Å²) in [5, 5.41) is 3.05. The van der Waals surface area contributed by atoms with Crippen molar-refractivity contribution in [3.63, 3.8) is 0 Å². The van der Waals surface area contributed by atoms with Crippen molar-refractivity contribution in [1.82, 2.24) is 15.2 Å². The van der Waals surface area contributed by atoms with Gasteiger partial charge in [0.1, 0.15) is 11.6 Å². The van der Waals surface area contributed by atoms with E-state index in [9.17, 15) is 14.0 Å². The Morgan fingerprint density at radius 3 is 2.43 bits per heavy atom. The molecule has 4 aromatic rings. The van der Waals surface area contributed by atoms with Crippen molar-refractivity contribution in [3.8, 4) is 5.75 Å². The SMILES string of the molecule is COc1ccc(C2C(C(=O)NCc3cccnc3)c3ccccc3C(=O)N2Cc2ccc(F)cc2)cc1. The Morgan fingerprint density at radius 2 is 1.73 bits per heavy atom. The second-order valence-corrected chi connectivity index (χ2v) is 8.92. The summed E-state index contributed by atoms with van der Waals surface area (Å²) in [5.41, 5.74) is 3.60. The highest BCUT2D eigenvalue weighted by Crippen LogP contribution is 2.44. The third-order valence-electron chi connectivity index (χ3n) is 6.63. The number of aromatic nitrogens is 1. The molecule has 0 bridgehead atoms. The maximum Gasteiger partial charge on any atom is 0.255 e. The maximum atomic E-state index is 13.8. The Hall–Kier alpha value is -4.52. The van der Waals surface area contributed by atoms with Gasteiger partial charge in [0.2, 0.25) is 5.91 Å². The van der Waals surface area contributed by atoms with Crippen LogP contribution >= 0.6 is 0 Å². The molecular weight excluding hydrogens is 469 g/mol. The molecule has 7 heteroatoms. The van der Waals surface area contributed by atoms with Gasteiger partial charge in [-0.3, -0.25) is 14.6 Å². The number of methoxy groups -OCH3 is 1. The smallest absolute Gasteiger partial charge is 0.255 e. The molecular formula is C30H26FN3O3. The minimum atomic E-state index is -0.667. The Bertz CT molecular complexity index is 1390. The molecule has 2 unspecified atom stereocenters. The monoisotopic (exact) mass is 495 g/mol. The topological polar surface area (TPSA) is 71.5 Å². The van der Waals surface area contributed by atoms with Crippen molar-refractivity contribution in [3.05, 3.63) is 131 Å². The van der Waals surface area contributed by atoms with E-state index in [0.717, 1.165) is 16.7 Å². The lowest BCUT2D eigenvalue weighted by Gasteiger charge is -2.42. The molecule has 2 amide bonds. The third kappa shape index (κ3) is 5.07. The van der Waals surface area contributed by atoms with E-state index < -0.39 is 12.0 Å². The number of hydrogen-bond donors (Lipinski definition) is 1. The van der Waals surface area contributed by atoms with Crippen molar-refractivity contribution in [2.24, 2.45) is 0 Å². The predicted molar refractivity (Wildman–Crippen MR) is 137 cm³/mol. The summed E-state index contributed by atoms with van der Waals surface area (Å²) in [5.74, 6) is -0.724. The first kappa shape index (κ1) is 24.2. The summed E-state index contributed by atoms with van der Waals surface area (Å²) in [7, 11) is 1.59. The van der Waals surface area contributed by atoms with Crippen molar-refractivity contribution < 1.29 is 18.7 Å². The molecule has 0 saturated carbocycles. The summed E-state index contributed by atoms with van der Waals surface area (Å²) in [4.78, 5) is 33.5. The summed E-state index contributed by atoms with van der Waals surface area (Å²) >= 11 is 0. The molecule has 186 valence electrons. The van der Waals surface area contributed by atoms with Crippen LogP contribution in [0.2, 0.25) is 0 Å². The van der Waals surface area contributed by atoms with E-state index in [1.165, 1.54) is 12.1 Å². The normalized spacial score (nSPS) is 16.7. The lowest BCUT2D eigenvalue weighted by molar-refractivity contribution is -0.124. The second kappa shape index (κ2) is 10.6. The zero-order valence-corrected chi connectivity index (χ0v) is 20.3. The fourth-order valence-electron chi connectivity index (χ4n) is 4.81. The Kier molecular flexibility index (Phi) is 6.94. The molecule has 37 heavy (non-hydrogen) atoms. The van der Waals surface area contributed by atoms with Crippen LogP contribution in [0.3, 0.4) is 0 Å². The number of ether oxygens (including phenoxy) is 1. The molecule has 2 atom stereocenters. The van der Waals surface area contributed by atoms with E-state index >= 15 is 0 Å². The van der Waals surface area contributed by atoms with Crippen molar-refractivity contribution >= 4 is 11.8 Å². The Morgan fingerprint density at radius 1 is 0.973 bits per heavy atom. The highest BCUT2D eigenvalue weighted by Gasteiger charge is 2.44. The van der Waals surface area contributed by atoms with Crippen molar-refractivity contribution in [2.75, 3.05) is 7.11 Å². The van der Waals surface area contributed by atoms with Crippen molar-refractivity contribution in [2.45, 2.75) is 25.0 Å². The number of fused-ring (bicyclic) bond motifs is 1. The number of carbonyl (C=O) groups is 2. The number of halogens is 1. The molecule has 5 rings (SSSR count). The lowest BCUT2D eigenvalue weighted by Crippen LogP contribution is -2.47. The van der Waals surface area contributed by atoms with Gasteiger partial charge in [-0.2, -0.15) is 0 Å². The van der Waals surface area contributed by atoms with E-state index in [0.29, 0.717) is 23.4 Å². The van der Waals surface area contributed by atoms with E-state index in [1.807, 2.05) is 48.5 Å². The van der Waals surface area contributed by atoms with Gasteiger partial charge in [0, 0.05) is 31.0 Å². The van der Waals surface area contributed by atoms with Crippen LogP contribution in [0.4, 0.5) is 4.39 Å². The first-order valence-corrected chi connectivity index (χ1v) is 12.0. The number of rotatable bonds is 7. The van der Waals surface area contributed by atoms with Crippen LogP contribution in [-0.4, -0.2) is 28.8 Å². The first-order valence-electron chi connectivity index (χ1n) is 12.0. The fraction of sp³-hybridized carbons (Fsp3) is 0.167. The van der Waals surface area contributed by atoms with Gasteiger partial charge < -0.3 is 15.0 Å². The molecule has 1 N–H and O–H groups in total. The average molecular weight is 496 g/mol. The van der Waals surface area contributed by atoms with E-state index in [1.54, 1.807) is 48.7 Å². The van der Waals surface area contributed by atoms with Crippen LogP contribution in [0.15, 0.2) is 97.3 Å². The van der Waals surface area contributed by atoms with Gasteiger partial charge in [-0.05, 0) is 58.7 Å². The van der Waals surface area contributed by atoms with Crippen LogP contribution in [0.5, 0.6) is 5.75 Å². The van der Waals surface area contributed by atoms with Gasteiger partial charge in [-0.1, -0.05) is 48.5 Å². The van der Waals surface area contributed by atoms with Gasteiger partial charge in [0.05, 0.1) is 19.1 Å². The third-order valence-corrected chi connectivity index (χ3v) is 6.63. The zero-order valence-electron chi connectivity index (χ0n) is 20.3. The minimum absolute atomic E-state index is 0.183. The summed E-state index contributed by atoms with van der Waals surface area (Å²) in [6, 6.07) is 23.8. The molecule has 0 spiro atoms. The van der Waals surface area contributed by atoms with Crippen LogP contribution in [0, 0.1) is 5.82 Å². The molecule has 1 aliphatic heterocycles. The number of benzene rings is 3. The summed E-state index contributed by atoms with van der Waals surface area (Å²) in [6.07, 6.45) is 3.39. The summed E-state index contributed by atoms with van der Waals surface area (Å²) < 4.78 is 18.9. The molecule has 0 saturated heterocycles. The number of hydrogen-bond acceptors (Lipinski definition) is 4. The molecule has 3 aromatic carbocycles. The minimum Gasteiger partial charge on any atom is -0.497 e. The number of amides is 2. The Balaban J connectivity index is 1.58. The Labute approximate surface area is 214 Å². The molecule has 0 fully saturated rings. The maximum absolute atomic E-state index is 13.8. The van der Waals surface area contributed by atoms with Gasteiger partial charge in [0.15, 0.2) is 0 Å². The second-order valence-electron chi connectivity index (χ2n) is 8.92. The zero-order chi connectivity index (χ0) is 25.8. The molecule has 1 aromatic heterocycles. The molecule has 0 radical (unpaired) electrons. The van der Waals surface area contributed by atoms with Crippen LogP contribution in [-0.2, 0) is 17.9 Å². The summed E-state index contributed by atoms with van der Waals surface area (Å²) in [6.45, 7) is 0.531. The quantitative estimate of drug-likeness (QED) is 0.391. The molecule has 0 aliphatic carbocycles. The first-order chi connectivity index (χ1) is 18.0. The van der Waals surface area contributed by atoms with E-state index in [4.69, 9.17) is 4.74 Å².